The third kappa shape index (κ3) is 4.27. The number of halogens is 3. The first kappa shape index (κ1) is 19.4. The summed E-state index contributed by atoms with van der Waals surface area (Å²) in [6.45, 7) is 5.66. The summed E-state index contributed by atoms with van der Waals surface area (Å²) in [5.41, 5.74) is 5.41. The van der Waals surface area contributed by atoms with E-state index < -0.39 is 6.36 Å². The Balaban J connectivity index is 1.79. The van der Waals surface area contributed by atoms with Crippen LogP contribution in [-0.4, -0.2) is 34.1 Å². The first-order valence-corrected chi connectivity index (χ1v) is 9.29. The molecule has 0 amide bonds. The highest BCUT2D eigenvalue weighted by Crippen LogP contribution is 2.33. The van der Waals surface area contributed by atoms with Crippen LogP contribution in [0.25, 0.3) is 22.6 Å². The SMILES string of the molecule is Cc1cc(-c2nc(-c3ccc(OC(F)(F)F)cc3)n3c2CCOCC3)cc(C)n1. The Labute approximate surface area is 166 Å². The Morgan fingerprint density at radius 2 is 1.66 bits per heavy atom. The van der Waals surface area contributed by atoms with Gasteiger partial charge in [-0.25, -0.2) is 4.98 Å². The molecule has 3 heterocycles. The molecular weight excluding hydrogens is 383 g/mol. The van der Waals surface area contributed by atoms with Crippen molar-refractivity contribution in [2.45, 2.75) is 33.2 Å². The summed E-state index contributed by atoms with van der Waals surface area (Å²) in [5.74, 6) is 0.444. The molecule has 29 heavy (non-hydrogen) atoms. The Bertz CT molecular complexity index is 1010. The first-order valence-electron chi connectivity index (χ1n) is 9.29. The highest BCUT2D eigenvalue weighted by atomic mass is 19.4. The molecule has 0 saturated carbocycles. The Morgan fingerprint density at radius 3 is 2.31 bits per heavy atom. The third-order valence-corrected chi connectivity index (χ3v) is 4.72. The summed E-state index contributed by atoms with van der Waals surface area (Å²) < 4.78 is 49.0. The van der Waals surface area contributed by atoms with Crippen LogP contribution in [-0.2, 0) is 17.7 Å². The lowest BCUT2D eigenvalue weighted by Gasteiger charge is -2.11. The number of fused-ring (bicyclic) bond motifs is 1. The van der Waals surface area contributed by atoms with E-state index in [9.17, 15) is 13.2 Å². The number of aryl methyl sites for hydroxylation is 2. The molecule has 5 nitrogen and oxygen atoms in total. The van der Waals surface area contributed by atoms with Crippen molar-refractivity contribution in [2.75, 3.05) is 13.2 Å². The predicted octanol–water partition coefficient (Wildman–Crippen LogP) is 4.70. The topological polar surface area (TPSA) is 49.2 Å². The molecule has 4 rings (SSSR count). The molecule has 1 aliphatic heterocycles. The fourth-order valence-corrected chi connectivity index (χ4v) is 3.64. The molecule has 8 heteroatoms. The summed E-state index contributed by atoms with van der Waals surface area (Å²) in [4.78, 5) is 9.31. The van der Waals surface area contributed by atoms with Crippen LogP contribution in [0, 0.1) is 13.8 Å². The van der Waals surface area contributed by atoms with E-state index in [4.69, 9.17) is 9.72 Å². The Morgan fingerprint density at radius 1 is 0.966 bits per heavy atom. The lowest BCUT2D eigenvalue weighted by atomic mass is 10.1. The van der Waals surface area contributed by atoms with Gasteiger partial charge in [-0.2, -0.15) is 0 Å². The normalized spacial score (nSPS) is 14.4. The Hall–Kier alpha value is -2.87. The molecule has 0 fully saturated rings. The van der Waals surface area contributed by atoms with Crippen LogP contribution < -0.4 is 4.74 Å². The maximum Gasteiger partial charge on any atom is 0.573 e. The second-order valence-corrected chi connectivity index (χ2v) is 6.96. The number of benzene rings is 1. The van der Waals surface area contributed by atoms with Gasteiger partial charge in [-0.05, 0) is 50.2 Å². The quantitative estimate of drug-likeness (QED) is 0.636. The van der Waals surface area contributed by atoms with Crippen molar-refractivity contribution in [2.24, 2.45) is 0 Å². The highest BCUT2D eigenvalue weighted by molar-refractivity contribution is 5.69. The van der Waals surface area contributed by atoms with Gasteiger partial charge in [0.05, 0.1) is 18.9 Å². The van der Waals surface area contributed by atoms with E-state index in [-0.39, 0.29) is 5.75 Å². The molecule has 0 bridgehead atoms. The van der Waals surface area contributed by atoms with Crippen molar-refractivity contribution >= 4 is 0 Å². The van der Waals surface area contributed by atoms with E-state index in [2.05, 4.69) is 14.3 Å². The molecule has 1 aromatic carbocycles. The fourth-order valence-electron chi connectivity index (χ4n) is 3.64. The van der Waals surface area contributed by atoms with Crippen molar-refractivity contribution in [1.29, 1.82) is 0 Å². The number of aromatic nitrogens is 3. The van der Waals surface area contributed by atoms with Crippen molar-refractivity contribution < 1.29 is 22.6 Å². The van der Waals surface area contributed by atoms with Gasteiger partial charge in [0, 0.05) is 41.2 Å². The van der Waals surface area contributed by atoms with Gasteiger partial charge in [-0.3, -0.25) is 4.98 Å². The number of rotatable bonds is 3. The lowest BCUT2D eigenvalue weighted by Crippen LogP contribution is -2.17. The van der Waals surface area contributed by atoms with Crippen LogP contribution in [0.5, 0.6) is 5.75 Å². The van der Waals surface area contributed by atoms with Gasteiger partial charge < -0.3 is 14.0 Å². The molecule has 0 saturated heterocycles. The zero-order valence-corrected chi connectivity index (χ0v) is 16.1. The van der Waals surface area contributed by atoms with Gasteiger partial charge in [0.1, 0.15) is 11.6 Å². The second kappa shape index (κ2) is 7.51. The number of hydrogen-bond acceptors (Lipinski definition) is 4. The minimum absolute atomic E-state index is 0.257. The summed E-state index contributed by atoms with van der Waals surface area (Å²) in [6, 6.07) is 9.78. The van der Waals surface area contributed by atoms with Crippen LogP contribution in [0.1, 0.15) is 17.1 Å². The molecule has 1 aliphatic rings. The summed E-state index contributed by atoms with van der Waals surface area (Å²) in [5, 5.41) is 0. The second-order valence-electron chi connectivity index (χ2n) is 6.96. The van der Waals surface area contributed by atoms with E-state index in [1.807, 2.05) is 26.0 Å². The smallest absolute Gasteiger partial charge is 0.406 e. The number of pyridine rings is 1. The first-order chi connectivity index (χ1) is 13.8. The Kier molecular flexibility index (Phi) is 5.04. The number of nitrogens with zero attached hydrogens (tertiary/aromatic N) is 3. The van der Waals surface area contributed by atoms with E-state index in [1.54, 1.807) is 12.1 Å². The number of ether oxygens (including phenoxy) is 2. The van der Waals surface area contributed by atoms with Crippen LogP contribution in [0.4, 0.5) is 13.2 Å². The third-order valence-electron chi connectivity index (χ3n) is 4.72. The summed E-state index contributed by atoms with van der Waals surface area (Å²) >= 11 is 0. The molecule has 0 radical (unpaired) electrons. The monoisotopic (exact) mass is 403 g/mol. The molecule has 152 valence electrons. The zero-order chi connectivity index (χ0) is 20.6. The minimum Gasteiger partial charge on any atom is -0.406 e. The van der Waals surface area contributed by atoms with Crippen LogP contribution in [0.15, 0.2) is 36.4 Å². The van der Waals surface area contributed by atoms with E-state index in [1.165, 1.54) is 12.1 Å². The number of alkyl halides is 3. The van der Waals surface area contributed by atoms with Crippen LogP contribution >= 0.6 is 0 Å². The minimum atomic E-state index is -4.71. The van der Waals surface area contributed by atoms with E-state index in [0.29, 0.717) is 32.0 Å². The summed E-state index contributed by atoms with van der Waals surface area (Å²) in [6.07, 6.45) is -4.01. The largest absolute Gasteiger partial charge is 0.573 e. The molecule has 0 atom stereocenters. The average molecular weight is 403 g/mol. The van der Waals surface area contributed by atoms with E-state index in [0.717, 1.165) is 33.9 Å². The fraction of sp³-hybridized carbons (Fsp3) is 0.333. The van der Waals surface area contributed by atoms with Gasteiger partial charge in [0.25, 0.3) is 0 Å². The molecule has 2 aromatic heterocycles. The van der Waals surface area contributed by atoms with Gasteiger partial charge in [-0.15, -0.1) is 13.2 Å². The van der Waals surface area contributed by atoms with Crippen molar-refractivity contribution in [1.82, 2.24) is 14.5 Å². The zero-order valence-electron chi connectivity index (χ0n) is 16.1. The highest BCUT2D eigenvalue weighted by Gasteiger charge is 2.31. The molecule has 0 N–H and O–H groups in total. The summed E-state index contributed by atoms with van der Waals surface area (Å²) in [7, 11) is 0. The van der Waals surface area contributed by atoms with Crippen LogP contribution in [0.2, 0.25) is 0 Å². The lowest BCUT2D eigenvalue weighted by molar-refractivity contribution is -0.274. The van der Waals surface area contributed by atoms with Crippen molar-refractivity contribution in [3.63, 3.8) is 0 Å². The van der Waals surface area contributed by atoms with Gasteiger partial charge >= 0.3 is 6.36 Å². The molecule has 0 aliphatic carbocycles. The van der Waals surface area contributed by atoms with Gasteiger partial charge in [-0.1, -0.05) is 0 Å². The number of hydrogen-bond donors (Lipinski definition) is 0. The molecular formula is C21H20F3N3O2. The molecule has 3 aromatic rings. The number of imidazole rings is 1. The molecule has 0 unspecified atom stereocenters. The van der Waals surface area contributed by atoms with Gasteiger partial charge in [0.2, 0.25) is 0 Å². The van der Waals surface area contributed by atoms with Crippen molar-refractivity contribution in [3.05, 3.63) is 53.5 Å². The molecule has 0 spiro atoms. The average Bonchev–Trinajstić information content (AvgIpc) is 2.82. The van der Waals surface area contributed by atoms with Crippen molar-refractivity contribution in [3.8, 4) is 28.4 Å². The van der Waals surface area contributed by atoms with Gasteiger partial charge in [0.15, 0.2) is 0 Å². The van der Waals surface area contributed by atoms with E-state index >= 15 is 0 Å². The maximum atomic E-state index is 12.4. The predicted molar refractivity (Wildman–Crippen MR) is 102 cm³/mol. The standard InChI is InChI=1S/C21H20F3N3O2/c1-13-11-16(12-14(2)25-13)19-18-7-9-28-10-8-27(18)20(26-19)15-3-5-17(6-4-15)29-21(22,23)24/h3-6,11-12H,7-10H2,1-2H3. The maximum absolute atomic E-state index is 12.4. The van der Waals surface area contributed by atoms with Crippen LogP contribution in [0.3, 0.4) is 0 Å².